The zero-order valence-electron chi connectivity index (χ0n) is 16.2. The van der Waals surface area contributed by atoms with Crippen LogP contribution in [-0.4, -0.2) is 11.8 Å². The standard InChI is InChI=1S/C23H27ClN2O2/c1-16-3-2-4-18(13-16)15-26-23(28)20-9-7-19(8-10-20)22(27)25-14-17-5-11-21(24)12-6-17/h2-6,11-13,19-20H,7-10,14-15H2,1H3,(H,25,27)(H,26,28). The molecule has 2 aromatic rings. The fourth-order valence-corrected chi connectivity index (χ4v) is 3.84. The van der Waals surface area contributed by atoms with Crippen molar-refractivity contribution < 1.29 is 9.59 Å². The first-order valence-corrected chi connectivity index (χ1v) is 10.2. The Morgan fingerprint density at radius 3 is 1.93 bits per heavy atom. The third kappa shape index (κ3) is 5.83. The quantitative estimate of drug-likeness (QED) is 0.758. The largest absolute Gasteiger partial charge is 0.352 e. The third-order valence-electron chi connectivity index (χ3n) is 5.40. The van der Waals surface area contributed by atoms with Gasteiger partial charge in [0.1, 0.15) is 0 Å². The Kier molecular flexibility index (Phi) is 7.10. The Hall–Kier alpha value is -2.33. The van der Waals surface area contributed by atoms with Gasteiger partial charge in [-0.3, -0.25) is 9.59 Å². The van der Waals surface area contributed by atoms with Gasteiger partial charge in [-0.2, -0.15) is 0 Å². The van der Waals surface area contributed by atoms with E-state index < -0.39 is 0 Å². The van der Waals surface area contributed by atoms with Crippen molar-refractivity contribution in [1.82, 2.24) is 10.6 Å². The zero-order valence-corrected chi connectivity index (χ0v) is 17.0. The second-order valence-electron chi connectivity index (χ2n) is 7.60. The van der Waals surface area contributed by atoms with Crippen molar-refractivity contribution in [3.63, 3.8) is 0 Å². The van der Waals surface area contributed by atoms with E-state index >= 15 is 0 Å². The van der Waals surface area contributed by atoms with Gasteiger partial charge in [0.15, 0.2) is 0 Å². The van der Waals surface area contributed by atoms with E-state index in [1.807, 2.05) is 49.4 Å². The third-order valence-corrected chi connectivity index (χ3v) is 5.65. The summed E-state index contributed by atoms with van der Waals surface area (Å²) in [5.74, 6) is 0.174. The molecule has 2 aromatic carbocycles. The van der Waals surface area contributed by atoms with Crippen molar-refractivity contribution in [1.29, 1.82) is 0 Å². The van der Waals surface area contributed by atoms with Crippen LogP contribution >= 0.6 is 11.6 Å². The summed E-state index contributed by atoms with van der Waals surface area (Å²) in [7, 11) is 0. The maximum atomic E-state index is 12.4. The van der Waals surface area contributed by atoms with Gasteiger partial charge in [-0.1, -0.05) is 53.6 Å². The molecule has 0 aliphatic heterocycles. The van der Waals surface area contributed by atoms with Crippen LogP contribution in [0.4, 0.5) is 0 Å². The molecule has 1 aliphatic rings. The number of hydrogen-bond acceptors (Lipinski definition) is 2. The summed E-state index contributed by atoms with van der Waals surface area (Å²) < 4.78 is 0. The topological polar surface area (TPSA) is 58.2 Å². The van der Waals surface area contributed by atoms with Crippen molar-refractivity contribution in [3.05, 3.63) is 70.2 Å². The SMILES string of the molecule is Cc1cccc(CNC(=O)C2CCC(C(=O)NCc3ccc(Cl)cc3)CC2)c1. The summed E-state index contributed by atoms with van der Waals surface area (Å²) in [6.45, 7) is 3.11. The average Bonchev–Trinajstić information content (AvgIpc) is 2.71. The molecule has 0 unspecified atom stereocenters. The van der Waals surface area contributed by atoms with E-state index in [9.17, 15) is 9.59 Å². The van der Waals surface area contributed by atoms with Crippen LogP contribution in [0.5, 0.6) is 0 Å². The number of aryl methyl sites for hydroxylation is 1. The molecule has 2 amide bonds. The molecular formula is C23H27ClN2O2. The summed E-state index contributed by atoms with van der Waals surface area (Å²) in [6, 6.07) is 15.6. The van der Waals surface area contributed by atoms with Crippen molar-refractivity contribution in [3.8, 4) is 0 Å². The molecule has 0 heterocycles. The maximum Gasteiger partial charge on any atom is 0.223 e. The predicted molar refractivity (Wildman–Crippen MR) is 112 cm³/mol. The molecule has 0 spiro atoms. The van der Waals surface area contributed by atoms with E-state index in [0.29, 0.717) is 18.1 Å². The molecule has 1 saturated carbocycles. The number of rotatable bonds is 6. The lowest BCUT2D eigenvalue weighted by atomic mass is 9.81. The first kappa shape index (κ1) is 20.4. The lowest BCUT2D eigenvalue weighted by molar-refractivity contribution is -0.130. The molecule has 1 fully saturated rings. The molecule has 0 saturated heterocycles. The van der Waals surface area contributed by atoms with Gasteiger partial charge < -0.3 is 10.6 Å². The molecule has 148 valence electrons. The average molecular weight is 399 g/mol. The van der Waals surface area contributed by atoms with Crippen LogP contribution in [-0.2, 0) is 22.7 Å². The molecule has 1 aliphatic carbocycles. The Morgan fingerprint density at radius 1 is 0.857 bits per heavy atom. The fraction of sp³-hybridized carbons (Fsp3) is 0.391. The summed E-state index contributed by atoms with van der Waals surface area (Å²) in [6.07, 6.45) is 3.04. The van der Waals surface area contributed by atoms with Crippen LogP contribution in [0.3, 0.4) is 0 Å². The van der Waals surface area contributed by atoms with E-state index in [0.717, 1.165) is 36.8 Å². The first-order valence-electron chi connectivity index (χ1n) is 9.86. The summed E-state index contributed by atoms with van der Waals surface area (Å²) >= 11 is 5.88. The smallest absolute Gasteiger partial charge is 0.223 e. The van der Waals surface area contributed by atoms with Gasteiger partial charge in [0.2, 0.25) is 11.8 Å². The second-order valence-corrected chi connectivity index (χ2v) is 8.04. The van der Waals surface area contributed by atoms with Gasteiger partial charge in [0.05, 0.1) is 0 Å². The fourth-order valence-electron chi connectivity index (χ4n) is 3.71. The molecule has 4 nitrogen and oxygen atoms in total. The van der Waals surface area contributed by atoms with Crippen molar-refractivity contribution >= 4 is 23.4 Å². The van der Waals surface area contributed by atoms with Gasteiger partial charge in [-0.25, -0.2) is 0 Å². The molecule has 5 heteroatoms. The number of halogens is 1. The molecule has 0 radical (unpaired) electrons. The zero-order chi connectivity index (χ0) is 19.9. The summed E-state index contributed by atoms with van der Waals surface area (Å²) in [5.41, 5.74) is 3.34. The molecule has 0 bridgehead atoms. The summed E-state index contributed by atoms with van der Waals surface area (Å²) in [4.78, 5) is 24.9. The Bertz CT molecular complexity index is 812. The van der Waals surface area contributed by atoms with Crippen LogP contribution < -0.4 is 10.6 Å². The highest BCUT2D eigenvalue weighted by Gasteiger charge is 2.29. The van der Waals surface area contributed by atoms with Crippen LogP contribution in [0, 0.1) is 18.8 Å². The summed E-state index contributed by atoms with van der Waals surface area (Å²) in [5, 5.41) is 6.73. The minimum atomic E-state index is -0.00637. The van der Waals surface area contributed by atoms with Gasteiger partial charge in [0, 0.05) is 29.9 Å². The second kappa shape index (κ2) is 9.74. The predicted octanol–water partition coefficient (Wildman–Crippen LogP) is 4.39. The van der Waals surface area contributed by atoms with Gasteiger partial charge in [0.25, 0.3) is 0 Å². The lowest BCUT2D eigenvalue weighted by Crippen LogP contribution is -2.37. The molecule has 2 N–H and O–H groups in total. The number of benzene rings is 2. The number of amides is 2. The number of hydrogen-bond donors (Lipinski definition) is 2. The first-order chi connectivity index (χ1) is 13.5. The molecule has 3 rings (SSSR count). The molecule has 0 atom stereocenters. The Balaban J connectivity index is 1.40. The van der Waals surface area contributed by atoms with Crippen molar-refractivity contribution in [2.24, 2.45) is 11.8 Å². The highest BCUT2D eigenvalue weighted by atomic mass is 35.5. The van der Waals surface area contributed by atoms with Crippen LogP contribution in [0.1, 0.15) is 42.4 Å². The number of carbonyl (C=O) groups excluding carboxylic acids is 2. The number of carbonyl (C=O) groups is 2. The Labute approximate surface area is 171 Å². The highest BCUT2D eigenvalue weighted by molar-refractivity contribution is 6.30. The Morgan fingerprint density at radius 2 is 1.39 bits per heavy atom. The normalized spacial score (nSPS) is 19.1. The van der Waals surface area contributed by atoms with Crippen molar-refractivity contribution in [2.45, 2.75) is 45.7 Å². The van der Waals surface area contributed by atoms with Gasteiger partial charge >= 0.3 is 0 Å². The molecular weight excluding hydrogens is 372 g/mol. The van der Waals surface area contributed by atoms with E-state index in [2.05, 4.69) is 16.7 Å². The van der Waals surface area contributed by atoms with Gasteiger partial charge in [-0.15, -0.1) is 0 Å². The number of nitrogens with one attached hydrogen (secondary N) is 2. The van der Waals surface area contributed by atoms with E-state index in [-0.39, 0.29) is 23.7 Å². The maximum absolute atomic E-state index is 12.4. The minimum Gasteiger partial charge on any atom is -0.352 e. The lowest BCUT2D eigenvalue weighted by Gasteiger charge is -2.27. The van der Waals surface area contributed by atoms with E-state index in [4.69, 9.17) is 11.6 Å². The molecule has 0 aromatic heterocycles. The van der Waals surface area contributed by atoms with Crippen LogP contribution in [0.25, 0.3) is 0 Å². The van der Waals surface area contributed by atoms with Crippen LogP contribution in [0.15, 0.2) is 48.5 Å². The van der Waals surface area contributed by atoms with Crippen molar-refractivity contribution in [2.75, 3.05) is 0 Å². The van der Waals surface area contributed by atoms with Gasteiger partial charge in [-0.05, 0) is 55.9 Å². The monoisotopic (exact) mass is 398 g/mol. The minimum absolute atomic E-state index is 0.00474. The van der Waals surface area contributed by atoms with E-state index in [1.165, 1.54) is 5.56 Å². The van der Waals surface area contributed by atoms with E-state index in [1.54, 1.807) is 0 Å². The highest BCUT2D eigenvalue weighted by Crippen LogP contribution is 2.29. The van der Waals surface area contributed by atoms with Crippen LogP contribution in [0.2, 0.25) is 5.02 Å². The molecule has 28 heavy (non-hydrogen) atoms.